The van der Waals surface area contributed by atoms with Crippen LogP contribution in [0.5, 0.6) is 0 Å². The Morgan fingerprint density at radius 1 is 0.509 bits per heavy atom. The molecule has 10 aromatic rings. The maximum absolute atomic E-state index is 6.41. The first-order chi connectivity index (χ1) is 26.0. The number of furan rings is 1. The van der Waals surface area contributed by atoms with Crippen LogP contribution in [0.2, 0.25) is 0 Å². The van der Waals surface area contributed by atoms with Gasteiger partial charge in [-0.3, -0.25) is 0 Å². The van der Waals surface area contributed by atoms with E-state index in [-0.39, 0.29) is 5.41 Å². The number of aromatic nitrogens is 3. The van der Waals surface area contributed by atoms with Gasteiger partial charge in [-0.2, -0.15) is 0 Å². The molecule has 0 fully saturated rings. The Balaban J connectivity index is 1.09. The van der Waals surface area contributed by atoms with E-state index in [1.807, 2.05) is 36.4 Å². The molecule has 0 unspecified atom stereocenters. The lowest BCUT2D eigenvalue weighted by atomic mass is 9.81. The van der Waals surface area contributed by atoms with Crippen molar-refractivity contribution < 1.29 is 4.42 Å². The second kappa shape index (κ2) is 11.1. The molecule has 0 radical (unpaired) electrons. The fraction of sp³-hybridized carbons (Fsp3) is 0.0612. The predicted octanol–water partition coefficient (Wildman–Crippen LogP) is 12.8. The summed E-state index contributed by atoms with van der Waals surface area (Å²) in [7, 11) is 0. The number of hydrogen-bond donors (Lipinski definition) is 0. The number of nitrogens with zero attached hydrogens (tertiary/aromatic N) is 3. The summed E-state index contributed by atoms with van der Waals surface area (Å²) in [5, 5.41) is 3.50. The Bertz CT molecular complexity index is 3080. The molecular weight excluding hydrogens is 647 g/mol. The number of rotatable bonds is 4. The van der Waals surface area contributed by atoms with Crippen molar-refractivity contribution in [1.82, 2.24) is 14.5 Å². The second-order valence-corrected chi connectivity index (χ2v) is 14.6. The highest BCUT2D eigenvalue weighted by Crippen LogP contribution is 2.53. The lowest BCUT2D eigenvalue weighted by Crippen LogP contribution is -2.15. The minimum Gasteiger partial charge on any atom is -0.452 e. The van der Waals surface area contributed by atoms with Gasteiger partial charge >= 0.3 is 0 Å². The highest BCUT2D eigenvalue weighted by molar-refractivity contribution is 6.11. The molecule has 4 heteroatoms. The molecule has 53 heavy (non-hydrogen) atoms. The van der Waals surface area contributed by atoms with Crippen LogP contribution in [-0.2, 0) is 5.41 Å². The quantitative estimate of drug-likeness (QED) is 0.186. The van der Waals surface area contributed by atoms with Gasteiger partial charge in [0.25, 0.3) is 0 Å². The Morgan fingerprint density at radius 2 is 1.21 bits per heavy atom. The smallest absolute Gasteiger partial charge is 0.180 e. The molecule has 3 heterocycles. The van der Waals surface area contributed by atoms with Gasteiger partial charge < -0.3 is 8.98 Å². The average molecular weight is 680 g/mol. The zero-order chi connectivity index (χ0) is 35.3. The van der Waals surface area contributed by atoms with Gasteiger partial charge in [0.1, 0.15) is 16.8 Å². The molecule has 0 amide bonds. The Morgan fingerprint density at radius 3 is 2.06 bits per heavy atom. The van der Waals surface area contributed by atoms with E-state index in [2.05, 4.69) is 146 Å². The van der Waals surface area contributed by atoms with Crippen LogP contribution in [-0.4, -0.2) is 14.5 Å². The second-order valence-electron chi connectivity index (χ2n) is 14.6. The average Bonchev–Trinajstić information content (AvgIpc) is 3.83. The zero-order valence-electron chi connectivity index (χ0n) is 29.3. The van der Waals surface area contributed by atoms with E-state index < -0.39 is 0 Å². The first-order valence-corrected chi connectivity index (χ1v) is 18.2. The molecule has 0 saturated heterocycles. The van der Waals surface area contributed by atoms with Gasteiger partial charge in [0.2, 0.25) is 0 Å². The molecule has 11 rings (SSSR count). The number of hydrogen-bond acceptors (Lipinski definition) is 3. The molecule has 1 aliphatic rings. The van der Waals surface area contributed by atoms with Crippen LogP contribution < -0.4 is 0 Å². The van der Waals surface area contributed by atoms with Crippen LogP contribution in [0.25, 0.3) is 94.5 Å². The highest BCUT2D eigenvalue weighted by Gasteiger charge is 2.38. The van der Waals surface area contributed by atoms with Crippen LogP contribution in [0.1, 0.15) is 25.0 Å². The van der Waals surface area contributed by atoms with Crippen molar-refractivity contribution in [2.24, 2.45) is 0 Å². The maximum atomic E-state index is 6.41. The van der Waals surface area contributed by atoms with Gasteiger partial charge in [-0.25, -0.2) is 9.97 Å². The van der Waals surface area contributed by atoms with E-state index in [0.717, 1.165) is 33.3 Å². The summed E-state index contributed by atoms with van der Waals surface area (Å²) in [5.74, 6) is 0.702. The summed E-state index contributed by atoms with van der Waals surface area (Å²) in [5.41, 5.74) is 16.0. The third kappa shape index (κ3) is 4.36. The van der Waals surface area contributed by atoms with Crippen molar-refractivity contribution in [3.05, 3.63) is 175 Å². The van der Waals surface area contributed by atoms with E-state index >= 15 is 0 Å². The van der Waals surface area contributed by atoms with Crippen molar-refractivity contribution in [2.45, 2.75) is 19.3 Å². The van der Waals surface area contributed by atoms with Gasteiger partial charge in [-0.05, 0) is 81.9 Å². The van der Waals surface area contributed by atoms with E-state index in [1.165, 1.54) is 60.9 Å². The van der Waals surface area contributed by atoms with Gasteiger partial charge in [-0.1, -0.05) is 129 Å². The third-order valence-electron chi connectivity index (χ3n) is 11.2. The summed E-state index contributed by atoms with van der Waals surface area (Å²) < 4.78 is 8.78. The summed E-state index contributed by atoms with van der Waals surface area (Å²) in [6.07, 6.45) is 0. The standard InChI is InChI=1S/C49H33N3O/c1-49(2)39-21-13-20-37(48-50-45(30-14-5-3-6-15-30)47-46(51-48)36-19-10-12-23-43(36)53-47)44(39)35-26-24-32(29-40(35)49)31-25-27-42-38(28-31)34-18-9-11-22-41(34)52(42)33-16-7-4-8-17-33/h3-29H,1-2H3. The summed E-state index contributed by atoms with van der Waals surface area (Å²) in [4.78, 5) is 10.5. The molecular formula is C49H33N3O. The first-order valence-electron chi connectivity index (χ1n) is 18.2. The van der Waals surface area contributed by atoms with Crippen molar-refractivity contribution in [1.29, 1.82) is 0 Å². The molecule has 1 aliphatic carbocycles. The van der Waals surface area contributed by atoms with Crippen LogP contribution in [0.15, 0.2) is 168 Å². The van der Waals surface area contributed by atoms with Gasteiger partial charge in [0, 0.05) is 38.4 Å². The largest absolute Gasteiger partial charge is 0.452 e. The number of benzene rings is 7. The summed E-state index contributed by atoms with van der Waals surface area (Å²) in [6.45, 7) is 4.68. The lowest BCUT2D eigenvalue weighted by Gasteiger charge is -2.22. The fourth-order valence-corrected chi connectivity index (χ4v) is 8.66. The Labute approximate surface area is 306 Å². The number of para-hydroxylation sites is 3. The van der Waals surface area contributed by atoms with E-state index in [4.69, 9.17) is 14.4 Å². The summed E-state index contributed by atoms with van der Waals surface area (Å²) in [6, 6.07) is 58.3. The zero-order valence-corrected chi connectivity index (χ0v) is 29.3. The SMILES string of the molecule is CC1(C)c2cc(-c3ccc4c(c3)c3ccccc3n4-c3ccccc3)ccc2-c2c(-c3nc(-c4ccccc4)c4oc5ccccc5c4n3)cccc21. The van der Waals surface area contributed by atoms with Crippen LogP contribution >= 0.6 is 0 Å². The summed E-state index contributed by atoms with van der Waals surface area (Å²) >= 11 is 0. The normalized spacial score (nSPS) is 13.2. The van der Waals surface area contributed by atoms with Crippen molar-refractivity contribution in [3.63, 3.8) is 0 Å². The molecule has 0 atom stereocenters. The van der Waals surface area contributed by atoms with Gasteiger partial charge in [0.15, 0.2) is 11.4 Å². The third-order valence-corrected chi connectivity index (χ3v) is 11.2. The van der Waals surface area contributed by atoms with E-state index in [9.17, 15) is 0 Å². The fourth-order valence-electron chi connectivity index (χ4n) is 8.66. The van der Waals surface area contributed by atoms with Crippen LogP contribution in [0, 0.1) is 0 Å². The van der Waals surface area contributed by atoms with Gasteiger partial charge in [0.05, 0.1) is 11.0 Å². The minimum absolute atomic E-state index is 0.223. The maximum Gasteiger partial charge on any atom is 0.180 e. The molecule has 7 aromatic carbocycles. The minimum atomic E-state index is -0.223. The molecule has 0 bridgehead atoms. The predicted molar refractivity (Wildman–Crippen MR) is 218 cm³/mol. The molecule has 3 aromatic heterocycles. The molecule has 0 aliphatic heterocycles. The molecule has 0 N–H and O–H groups in total. The highest BCUT2D eigenvalue weighted by atomic mass is 16.3. The van der Waals surface area contributed by atoms with Crippen LogP contribution in [0.4, 0.5) is 0 Å². The molecule has 0 saturated carbocycles. The Kier molecular flexibility index (Phi) is 6.27. The van der Waals surface area contributed by atoms with E-state index in [0.29, 0.717) is 11.4 Å². The molecule has 4 nitrogen and oxygen atoms in total. The molecule has 0 spiro atoms. The first kappa shape index (κ1) is 29.9. The van der Waals surface area contributed by atoms with Crippen molar-refractivity contribution in [3.8, 4) is 50.6 Å². The number of fused-ring (bicyclic) bond motifs is 9. The van der Waals surface area contributed by atoms with Crippen LogP contribution in [0.3, 0.4) is 0 Å². The van der Waals surface area contributed by atoms with Crippen molar-refractivity contribution >= 4 is 43.9 Å². The van der Waals surface area contributed by atoms with E-state index in [1.54, 1.807) is 0 Å². The monoisotopic (exact) mass is 679 g/mol. The van der Waals surface area contributed by atoms with Gasteiger partial charge in [-0.15, -0.1) is 0 Å². The Hall–Kier alpha value is -6.78. The van der Waals surface area contributed by atoms with Crippen molar-refractivity contribution in [2.75, 3.05) is 0 Å². The topological polar surface area (TPSA) is 43.9 Å². The lowest BCUT2D eigenvalue weighted by molar-refractivity contribution is 0.660. The molecule has 250 valence electrons.